The minimum atomic E-state index is -0.421. The van der Waals surface area contributed by atoms with Crippen molar-refractivity contribution in [3.05, 3.63) is 23.8 Å². The van der Waals surface area contributed by atoms with Crippen LogP contribution in [0.3, 0.4) is 0 Å². The average Bonchev–Trinajstić information content (AvgIpc) is 3.29. The van der Waals surface area contributed by atoms with Crippen LogP contribution < -0.4 is 4.74 Å². The van der Waals surface area contributed by atoms with Crippen LogP contribution >= 0.6 is 0 Å². The van der Waals surface area contributed by atoms with Crippen molar-refractivity contribution in [2.24, 2.45) is 0 Å². The lowest BCUT2D eigenvalue weighted by Crippen LogP contribution is -2.38. The summed E-state index contributed by atoms with van der Waals surface area (Å²) >= 11 is 0. The Morgan fingerprint density at radius 2 is 2.10 bits per heavy atom. The van der Waals surface area contributed by atoms with Gasteiger partial charge in [-0.2, -0.15) is 0 Å². The average molecular weight is 293 g/mol. The minimum Gasteiger partial charge on any atom is -0.504 e. The number of rotatable bonds is 6. The van der Waals surface area contributed by atoms with Gasteiger partial charge in [0.25, 0.3) is 5.91 Å². The fourth-order valence-corrected chi connectivity index (χ4v) is 2.09. The van der Waals surface area contributed by atoms with Gasteiger partial charge in [-0.3, -0.25) is 9.59 Å². The van der Waals surface area contributed by atoms with E-state index in [9.17, 15) is 14.7 Å². The molecule has 114 valence electrons. The van der Waals surface area contributed by atoms with Crippen LogP contribution in [0.25, 0.3) is 0 Å². The summed E-state index contributed by atoms with van der Waals surface area (Å²) in [5.41, 5.74) is 0.324. The highest BCUT2D eigenvalue weighted by molar-refractivity contribution is 5.97. The van der Waals surface area contributed by atoms with Crippen LogP contribution in [0.2, 0.25) is 0 Å². The van der Waals surface area contributed by atoms with Crippen LogP contribution in [-0.2, 0) is 9.53 Å². The Labute approximate surface area is 123 Å². The van der Waals surface area contributed by atoms with E-state index in [2.05, 4.69) is 0 Å². The second-order valence-electron chi connectivity index (χ2n) is 4.86. The molecule has 0 aromatic heterocycles. The van der Waals surface area contributed by atoms with Gasteiger partial charge in [-0.1, -0.05) is 0 Å². The number of esters is 1. The highest BCUT2D eigenvalue weighted by atomic mass is 16.5. The second kappa shape index (κ2) is 6.47. The number of carbonyl (C=O) groups is 2. The van der Waals surface area contributed by atoms with Gasteiger partial charge >= 0.3 is 5.97 Å². The number of carbonyl (C=O) groups excluding carboxylic acids is 2. The summed E-state index contributed by atoms with van der Waals surface area (Å²) in [4.78, 5) is 25.6. The Hall–Kier alpha value is -2.24. The largest absolute Gasteiger partial charge is 0.504 e. The monoisotopic (exact) mass is 293 g/mol. The van der Waals surface area contributed by atoms with Gasteiger partial charge in [-0.05, 0) is 38.0 Å². The van der Waals surface area contributed by atoms with Crippen molar-refractivity contribution < 1.29 is 24.2 Å². The molecule has 1 aliphatic carbocycles. The first-order valence-corrected chi connectivity index (χ1v) is 6.90. The quantitative estimate of drug-likeness (QED) is 0.806. The maximum atomic E-state index is 12.5. The zero-order valence-electron chi connectivity index (χ0n) is 12.2. The lowest BCUT2D eigenvalue weighted by atomic mass is 10.1. The van der Waals surface area contributed by atoms with Crippen molar-refractivity contribution in [3.8, 4) is 11.5 Å². The van der Waals surface area contributed by atoms with Gasteiger partial charge in [0.15, 0.2) is 11.5 Å². The predicted octanol–water partition coefficient (Wildman–Crippen LogP) is 1.57. The number of amides is 1. The first kappa shape index (κ1) is 15.2. The first-order valence-electron chi connectivity index (χ1n) is 6.90. The molecule has 1 saturated carbocycles. The first-order chi connectivity index (χ1) is 10.1. The molecule has 1 aromatic carbocycles. The van der Waals surface area contributed by atoms with Crippen LogP contribution in [0, 0.1) is 0 Å². The van der Waals surface area contributed by atoms with E-state index in [1.165, 1.54) is 24.1 Å². The van der Waals surface area contributed by atoms with E-state index in [0.29, 0.717) is 11.3 Å². The molecule has 0 aliphatic heterocycles. The molecule has 0 spiro atoms. The van der Waals surface area contributed by atoms with Crippen LogP contribution in [-0.4, -0.2) is 48.2 Å². The molecule has 1 fully saturated rings. The topological polar surface area (TPSA) is 76.1 Å². The number of nitrogens with zero attached hydrogens (tertiary/aromatic N) is 1. The number of aromatic hydroxyl groups is 1. The molecule has 6 nitrogen and oxygen atoms in total. The van der Waals surface area contributed by atoms with Crippen molar-refractivity contribution in [3.63, 3.8) is 0 Å². The number of hydrogen-bond donors (Lipinski definition) is 1. The van der Waals surface area contributed by atoms with Crippen LogP contribution in [0.15, 0.2) is 18.2 Å². The molecular formula is C15H19NO5. The van der Waals surface area contributed by atoms with Gasteiger partial charge in [-0.15, -0.1) is 0 Å². The molecule has 1 aromatic rings. The van der Waals surface area contributed by atoms with Crippen LogP contribution in [0.5, 0.6) is 11.5 Å². The molecular weight excluding hydrogens is 274 g/mol. The molecule has 1 N–H and O–H groups in total. The van der Waals surface area contributed by atoms with E-state index < -0.39 is 5.97 Å². The normalized spacial score (nSPS) is 13.6. The van der Waals surface area contributed by atoms with Crippen LogP contribution in [0.4, 0.5) is 0 Å². The lowest BCUT2D eigenvalue weighted by molar-refractivity contribution is -0.144. The van der Waals surface area contributed by atoms with Crippen molar-refractivity contribution in [1.29, 1.82) is 0 Å². The second-order valence-corrected chi connectivity index (χ2v) is 4.86. The SMILES string of the molecule is CCOC(=O)CN(C(=O)c1ccc(OC)c(O)c1)C1CC1. The molecule has 0 saturated heterocycles. The van der Waals surface area contributed by atoms with Crippen molar-refractivity contribution >= 4 is 11.9 Å². The number of phenols is 1. The van der Waals surface area contributed by atoms with Crippen molar-refractivity contribution in [2.45, 2.75) is 25.8 Å². The summed E-state index contributed by atoms with van der Waals surface area (Å²) in [6, 6.07) is 4.52. The zero-order chi connectivity index (χ0) is 15.4. The Morgan fingerprint density at radius 1 is 1.38 bits per heavy atom. The fourth-order valence-electron chi connectivity index (χ4n) is 2.09. The smallest absolute Gasteiger partial charge is 0.325 e. The molecule has 6 heteroatoms. The number of ether oxygens (including phenoxy) is 2. The lowest BCUT2D eigenvalue weighted by Gasteiger charge is -2.21. The standard InChI is InChI=1S/C15H19NO5/c1-3-21-14(18)9-16(11-5-6-11)15(19)10-4-7-13(20-2)12(17)8-10/h4,7-8,11,17H,3,5-6,9H2,1-2H3. The van der Waals surface area contributed by atoms with Gasteiger partial charge in [0.2, 0.25) is 0 Å². The van der Waals surface area contributed by atoms with E-state index in [1.807, 2.05) is 0 Å². The number of phenolic OH excluding ortho intramolecular Hbond substituents is 1. The number of benzene rings is 1. The van der Waals surface area contributed by atoms with E-state index in [1.54, 1.807) is 13.0 Å². The molecule has 1 aliphatic rings. The van der Waals surface area contributed by atoms with E-state index in [4.69, 9.17) is 9.47 Å². The number of hydrogen-bond acceptors (Lipinski definition) is 5. The molecule has 21 heavy (non-hydrogen) atoms. The minimum absolute atomic E-state index is 0.0653. The van der Waals surface area contributed by atoms with Gasteiger partial charge in [-0.25, -0.2) is 0 Å². The van der Waals surface area contributed by atoms with Gasteiger partial charge in [0.1, 0.15) is 6.54 Å². The Balaban J connectivity index is 2.14. The molecule has 1 amide bonds. The molecule has 0 radical (unpaired) electrons. The van der Waals surface area contributed by atoms with Crippen molar-refractivity contribution in [2.75, 3.05) is 20.3 Å². The van der Waals surface area contributed by atoms with E-state index in [-0.39, 0.29) is 30.9 Å². The highest BCUT2D eigenvalue weighted by Crippen LogP contribution is 2.31. The molecule has 0 atom stereocenters. The molecule has 0 bridgehead atoms. The maximum Gasteiger partial charge on any atom is 0.325 e. The summed E-state index contributed by atoms with van der Waals surface area (Å²) in [7, 11) is 1.44. The highest BCUT2D eigenvalue weighted by Gasteiger charge is 2.34. The third kappa shape index (κ3) is 3.65. The predicted molar refractivity (Wildman–Crippen MR) is 75.4 cm³/mol. The Kier molecular flexibility index (Phi) is 4.67. The summed E-state index contributed by atoms with van der Waals surface area (Å²) in [5, 5.41) is 9.75. The molecule has 0 unspecified atom stereocenters. The van der Waals surface area contributed by atoms with Gasteiger partial charge in [0.05, 0.1) is 13.7 Å². The molecule has 2 rings (SSSR count). The third-order valence-electron chi connectivity index (χ3n) is 3.28. The summed E-state index contributed by atoms with van der Waals surface area (Å²) < 4.78 is 9.84. The van der Waals surface area contributed by atoms with E-state index >= 15 is 0 Å². The van der Waals surface area contributed by atoms with Crippen LogP contribution in [0.1, 0.15) is 30.1 Å². The maximum absolute atomic E-state index is 12.5. The number of methoxy groups -OCH3 is 1. The van der Waals surface area contributed by atoms with Crippen molar-refractivity contribution in [1.82, 2.24) is 4.90 Å². The summed E-state index contributed by atoms with van der Waals surface area (Å²) in [6.07, 6.45) is 1.76. The Bertz CT molecular complexity index is 539. The summed E-state index contributed by atoms with van der Waals surface area (Å²) in [5.74, 6) is -0.510. The zero-order valence-corrected chi connectivity index (χ0v) is 12.2. The van der Waals surface area contributed by atoms with E-state index in [0.717, 1.165) is 12.8 Å². The van der Waals surface area contributed by atoms with Gasteiger partial charge in [0, 0.05) is 11.6 Å². The van der Waals surface area contributed by atoms with Gasteiger partial charge < -0.3 is 19.5 Å². The summed E-state index contributed by atoms with van der Waals surface area (Å²) in [6.45, 7) is 1.95. The Morgan fingerprint density at radius 3 is 2.62 bits per heavy atom. The third-order valence-corrected chi connectivity index (χ3v) is 3.28. The molecule has 0 heterocycles. The fraction of sp³-hybridized carbons (Fsp3) is 0.467.